The highest BCUT2D eigenvalue weighted by Gasteiger charge is 2.49. The van der Waals surface area contributed by atoms with Gasteiger partial charge in [-0.1, -0.05) is 0 Å². The van der Waals surface area contributed by atoms with Crippen LogP contribution in [0.5, 0.6) is 6.01 Å². The lowest BCUT2D eigenvalue weighted by Gasteiger charge is -2.40. The van der Waals surface area contributed by atoms with E-state index in [9.17, 15) is 9.18 Å². The maximum atomic E-state index is 17.1. The van der Waals surface area contributed by atoms with Gasteiger partial charge >= 0.3 is 12.0 Å². The van der Waals surface area contributed by atoms with Gasteiger partial charge in [0.25, 0.3) is 0 Å². The Labute approximate surface area is 265 Å². The summed E-state index contributed by atoms with van der Waals surface area (Å²) >= 11 is 0. The van der Waals surface area contributed by atoms with Crippen molar-refractivity contribution in [2.45, 2.75) is 88.9 Å². The van der Waals surface area contributed by atoms with Gasteiger partial charge in [0.2, 0.25) is 0 Å². The Bertz CT molecular complexity index is 1850. The highest BCUT2D eigenvalue weighted by atomic mass is 19.1. The molecule has 1 aromatic carbocycles. The van der Waals surface area contributed by atoms with E-state index in [4.69, 9.17) is 19.4 Å². The second kappa shape index (κ2) is 11.1. The average Bonchev–Trinajstić information content (AvgIpc) is 3.72. The van der Waals surface area contributed by atoms with Gasteiger partial charge in [0, 0.05) is 43.1 Å². The molecule has 3 atom stereocenters. The van der Waals surface area contributed by atoms with Crippen LogP contribution in [-0.4, -0.2) is 86.1 Å². The second-order valence-corrected chi connectivity index (χ2v) is 13.9. The average molecular weight is 632 g/mol. The summed E-state index contributed by atoms with van der Waals surface area (Å²) in [5.41, 5.74) is 2.58. The molecule has 12 heteroatoms. The molecule has 6 bridgehead atoms. The smallest absolute Gasteiger partial charge is 0.319 e. The molecule has 8 heterocycles. The lowest BCUT2D eigenvalue weighted by molar-refractivity contribution is -0.159. The van der Waals surface area contributed by atoms with Crippen LogP contribution in [0.4, 0.5) is 14.6 Å². The summed E-state index contributed by atoms with van der Waals surface area (Å²) in [6.07, 6.45) is 8.49. The number of nitrogens with zero attached hydrogens (tertiary/aromatic N) is 6. The van der Waals surface area contributed by atoms with Crippen molar-refractivity contribution in [3.05, 3.63) is 35.4 Å². The zero-order chi connectivity index (χ0) is 31.6. The number of pyridine rings is 1. The normalized spacial score (nSPS) is 27.0. The lowest BCUT2D eigenvalue weighted by atomic mass is 9.91. The Hall–Kier alpha value is -3.93. The summed E-state index contributed by atoms with van der Waals surface area (Å²) in [6, 6.07) is 2.07. The van der Waals surface area contributed by atoms with Crippen molar-refractivity contribution in [2.24, 2.45) is 0 Å². The Balaban J connectivity index is 1.30. The number of alkyl halides is 1. The third-order valence-electron chi connectivity index (χ3n) is 10.6. The highest BCUT2D eigenvalue weighted by Crippen LogP contribution is 2.42. The Kier molecular flexibility index (Phi) is 7.11. The molecule has 0 aliphatic carbocycles. The van der Waals surface area contributed by atoms with E-state index in [0.29, 0.717) is 68.5 Å². The minimum absolute atomic E-state index is 0.0467. The number of esters is 1. The van der Waals surface area contributed by atoms with Gasteiger partial charge in [0.1, 0.15) is 35.4 Å². The van der Waals surface area contributed by atoms with Crippen LogP contribution in [-0.2, 0) is 16.0 Å². The fourth-order valence-corrected chi connectivity index (χ4v) is 8.38. The number of hydrogen-bond acceptors (Lipinski definition) is 9. The molecule has 46 heavy (non-hydrogen) atoms. The summed E-state index contributed by atoms with van der Waals surface area (Å²) in [5, 5.41) is 8.51. The number of halogens is 2. The summed E-state index contributed by atoms with van der Waals surface area (Å²) in [5.74, 6) is -0.279. The molecule has 5 aliphatic rings. The highest BCUT2D eigenvalue weighted by molar-refractivity contribution is 5.99. The number of benzene rings is 1. The SMILES string of the molecule is Cc1cc2[nH]ncc2c2c1CCCCC(=O)O[C@]1(C)CCCN(C1)c1nc(OC[C@@]34CCCN3C[C@H](F)C4)nc3c(F)c-2ncc13. The molecule has 0 spiro atoms. The first-order valence-corrected chi connectivity index (χ1v) is 16.5. The first kappa shape index (κ1) is 29.5. The van der Waals surface area contributed by atoms with E-state index in [1.165, 1.54) is 0 Å². The van der Waals surface area contributed by atoms with Crippen molar-refractivity contribution in [3.8, 4) is 17.3 Å². The molecule has 10 nitrogen and oxygen atoms in total. The number of hydrogen-bond donors (Lipinski definition) is 1. The quantitative estimate of drug-likeness (QED) is 0.289. The largest absolute Gasteiger partial charge is 0.461 e. The van der Waals surface area contributed by atoms with Crippen LogP contribution in [0.1, 0.15) is 69.4 Å². The summed E-state index contributed by atoms with van der Waals surface area (Å²) in [6.45, 7) is 6.46. The number of H-pyrrole nitrogens is 1. The first-order chi connectivity index (χ1) is 22.2. The molecule has 0 saturated carbocycles. The van der Waals surface area contributed by atoms with Gasteiger partial charge in [0.05, 0.1) is 29.2 Å². The maximum absolute atomic E-state index is 17.1. The van der Waals surface area contributed by atoms with Crippen LogP contribution in [0.25, 0.3) is 33.1 Å². The molecular formula is C34H39F2N7O3. The predicted molar refractivity (Wildman–Crippen MR) is 169 cm³/mol. The number of anilines is 1. The first-order valence-electron chi connectivity index (χ1n) is 16.5. The number of ether oxygens (including phenoxy) is 2. The molecule has 242 valence electrons. The van der Waals surface area contributed by atoms with Crippen LogP contribution >= 0.6 is 0 Å². The van der Waals surface area contributed by atoms with Gasteiger partial charge in [-0.25, -0.2) is 8.78 Å². The van der Waals surface area contributed by atoms with Crippen LogP contribution in [0.2, 0.25) is 0 Å². The van der Waals surface area contributed by atoms with Gasteiger partial charge in [0.15, 0.2) is 5.82 Å². The standard InChI is InChI=1S/C34H39F2N7O3/c1-20-13-25-23(16-38-41-25)27-22(20)7-3-4-8-26(44)46-33(2)9-5-11-42(18-33)31-24-15-37-30(27)28(36)29(24)39-32(40-31)45-19-34-10-6-12-43(34)17-21(35)14-34/h13,15-16,21H,3-12,14,17-19H2,1-2H3,(H,38,41)/t21-,33-,34+/m1/s1. The van der Waals surface area contributed by atoms with Gasteiger partial charge in [-0.2, -0.15) is 15.1 Å². The van der Waals surface area contributed by atoms with Crippen molar-refractivity contribution in [3.63, 3.8) is 0 Å². The van der Waals surface area contributed by atoms with Crippen LogP contribution in [0.15, 0.2) is 18.5 Å². The fourth-order valence-electron chi connectivity index (χ4n) is 8.38. The zero-order valence-corrected chi connectivity index (χ0v) is 26.4. The van der Waals surface area contributed by atoms with Gasteiger partial charge in [-0.3, -0.25) is 19.8 Å². The minimum Gasteiger partial charge on any atom is -0.461 e. The summed E-state index contributed by atoms with van der Waals surface area (Å²) in [4.78, 5) is 31.5. The number of rotatable bonds is 3. The number of carbonyl (C=O) groups excluding carboxylic acids is 1. The van der Waals surface area contributed by atoms with Crippen molar-refractivity contribution in [2.75, 3.05) is 37.7 Å². The van der Waals surface area contributed by atoms with Gasteiger partial charge < -0.3 is 14.4 Å². The summed E-state index contributed by atoms with van der Waals surface area (Å²) < 4.78 is 44.0. The van der Waals surface area contributed by atoms with E-state index in [2.05, 4.69) is 20.1 Å². The van der Waals surface area contributed by atoms with Crippen molar-refractivity contribution in [1.82, 2.24) is 30.0 Å². The minimum atomic E-state index is -0.896. The van der Waals surface area contributed by atoms with E-state index in [1.807, 2.05) is 24.8 Å². The van der Waals surface area contributed by atoms with E-state index >= 15 is 4.39 Å². The third kappa shape index (κ3) is 4.96. The van der Waals surface area contributed by atoms with E-state index in [1.54, 1.807) is 12.4 Å². The molecule has 1 N–H and O–H groups in total. The molecule has 3 fully saturated rings. The number of aromatic amines is 1. The fraction of sp³-hybridized carbons (Fsp3) is 0.559. The van der Waals surface area contributed by atoms with Gasteiger partial charge in [-0.15, -0.1) is 0 Å². The van der Waals surface area contributed by atoms with Crippen molar-refractivity contribution >= 4 is 33.6 Å². The van der Waals surface area contributed by atoms with E-state index in [-0.39, 0.29) is 29.8 Å². The topological polar surface area (TPSA) is 109 Å². The Morgan fingerprint density at radius 1 is 1.11 bits per heavy atom. The van der Waals surface area contributed by atoms with Crippen LogP contribution in [0.3, 0.4) is 0 Å². The van der Waals surface area contributed by atoms with Crippen LogP contribution in [0, 0.1) is 12.7 Å². The number of aryl methyl sites for hydroxylation is 1. The third-order valence-corrected chi connectivity index (χ3v) is 10.6. The zero-order valence-electron chi connectivity index (χ0n) is 26.4. The Morgan fingerprint density at radius 3 is 2.85 bits per heavy atom. The maximum Gasteiger partial charge on any atom is 0.319 e. The molecule has 3 aromatic heterocycles. The lowest BCUT2D eigenvalue weighted by Crippen LogP contribution is -2.49. The predicted octanol–water partition coefficient (Wildman–Crippen LogP) is 5.60. The molecule has 0 radical (unpaired) electrons. The number of nitrogens with one attached hydrogen (secondary N) is 1. The molecule has 4 aromatic rings. The number of aromatic nitrogens is 5. The molecular weight excluding hydrogens is 592 g/mol. The number of piperidine rings is 1. The monoisotopic (exact) mass is 631 g/mol. The Morgan fingerprint density at radius 2 is 1.96 bits per heavy atom. The molecule has 0 amide bonds. The number of fused-ring (bicyclic) bond motifs is 8. The van der Waals surface area contributed by atoms with Crippen molar-refractivity contribution < 1.29 is 23.0 Å². The van der Waals surface area contributed by atoms with E-state index in [0.717, 1.165) is 54.3 Å². The molecule has 9 rings (SSSR count). The molecule has 3 saturated heterocycles. The number of carbonyl (C=O) groups is 1. The molecule has 5 aliphatic heterocycles. The van der Waals surface area contributed by atoms with Crippen LogP contribution < -0.4 is 9.64 Å². The summed E-state index contributed by atoms with van der Waals surface area (Å²) in [7, 11) is 0. The second-order valence-electron chi connectivity index (χ2n) is 13.9. The van der Waals surface area contributed by atoms with Crippen molar-refractivity contribution in [1.29, 1.82) is 0 Å². The van der Waals surface area contributed by atoms with E-state index < -0.39 is 23.1 Å². The molecule has 0 unspecified atom stereocenters. The van der Waals surface area contributed by atoms with Gasteiger partial charge in [-0.05, 0) is 82.5 Å².